The van der Waals surface area contributed by atoms with Crippen molar-refractivity contribution in [3.05, 3.63) is 10.5 Å². The zero-order chi connectivity index (χ0) is 13.6. The number of nitrogens with one attached hydrogen (secondary N) is 1. The van der Waals surface area contributed by atoms with Crippen LogP contribution in [0.15, 0.2) is 0 Å². The number of nitrogens with zero attached hydrogens (tertiary/aromatic N) is 4. The van der Waals surface area contributed by atoms with Crippen LogP contribution in [0.4, 0.5) is 0 Å². The van der Waals surface area contributed by atoms with Crippen molar-refractivity contribution in [1.29, 1.82) is 0 Å². The lowest BCUT2D eigenvalue weighted by molar-refractivity contribution is 0.333. The second-order valence-corrected chi connectivity index (χ2v) is 5.88. The average Bonchev–Trinajstić information content (AvgIpc) is 3.01. The molecule has 2 aromatic rings. The van der Waals surface area contributed by atoms with Gasteiger partial charge in [-0.25, -0.2) is 0 Å². The Balaban J connectivity index is 1.93. The van der Waals surface area contributed by atoms with Crippen molar-refractivity contribution in [3.8, 4) is 0 Å². The molecule has 0 aliphatic carbocycles. The number of aryl methyl sites for hydroxylation is 2. The molecule has 0 bridgehead atoms. The smallest absolute Gasteiger partial charge is 0.179 e. The van der Waals surface area contributed by atoms with E-state index in [-0.39, 0.29) is 0 Å². The summed E-state index contributed by atoms with van der Waals surface area (Å²) in [6, 6.07) is 0. The number of aromatic amines is 1. The highest BCUT2D eigenvalue weighted by molar-refractivity contribution is 7.71. The summed E-state index contributed by atoms with van der Waals surface area (Å²) in [7, 11) is 1.99. The van der Waals surface area contributed by atoms with Gasteiger partial charge in [-0.1, -0.05) is 6.92 Å². The van der Waals surface area contributed by atoms with Crippen LogP contribution in [-0.2, 0) is 13.6 Å². The third kappa shape index (κ3) is 2.12. The minimum atomic E-state index is 0.695. The zero-order valence-corrected chi connectivity index (χ0v) is 12.6. The fourth-order valence-corrected chi connectivity index (χ4v) is 3.41. The maximum absolute atomic E-state index is 5.47. The summed E-state index contributed by atoms with van der Waals surface area (Å²) in [4.78, 5) is 5.80. The Kier molecular flexibility index (Phi) is 3.22. The van der Waals surface area contributed by atoms with Crippen molar-refractivity contribution in [3.63, 3.8) is 0 Å². The van der Waals surface area contributed by atoms with Gasteiger partial charge in [-0.15, -0.1) is 0 Å². The Morgan fingerprint density at radius 3 is 2.95 bits per heavy atom. The van der Waals surface area contributed by atoms with Crippen molar-refractivity contribution in [2.24, 2.45) is 13.0 Å². The number of H-pyrrole nitrogens is 1. The van der Waals surface area contributed by atoms with Gasteiger partial charge in [-0.3, -0.25) is 4.68 Å². The van der Waals surface area contributed by atoms with Crippen LogP contribution >= 0.6 is 12.2 Å². The molecule has 1 aliphatic heterocycles. The number of hydrogen-bond donors (Lipinski definition) is 1. The molecule has 1 N–H and O–H groups in total. The lowest BCUT2D eigenvalue weighted by Gasteiger charge is -2.14. The van der Waals surface area contributed by atoms with E-state index in [1.807, 2.05) is 18.7 Å². The van der Waals surface area contributed by atoms with Gasteiger partial charge in [0.2, 0.25) is 0 Å². The lowest BCUT2D eigenvalue weighted by atomic mass is 10.1. The molecule has 19 heavy (non-hydrogen) atoms. The molecule has 0 amide bonds. The summed E-state index contributed by atoms with van der Waals surface area (Å²) in [5.74, 6) is 0.695. The molecule has 0 aromatic carbocycles. The van der Waals surface area contributed by atoms with Crippen molar-refractivity contribution >= 4 is 23.4 Å². The fraction of sp³-hybridized carbons (Fsp3) is 0.692. The van der Waals surface area contributed by atoms with E-state index in [0.29, 0.717) is 5.92 Å². The highest BCUT2D eigenvalue weighted by Gasteiger charge is 2.23. The van der Waals surface area contributed by atoms with Gasteiger partial charge in [0.1, 0.15) is 5.52 Å². The van der Waals surface area contributed by atoms with Gasteiger partial charge in [0, 0.05) is 20.1 Å². The van der Waals surface area contributed by atoms with E-state index in [2.05, 4.69) is 26.5 Å². The monoisotopic (exact) mass is 279 g/mol. The fourth-order valence-electron chi connectivity index (χ4n) is 3.15. The number of fused-ring (bicyclic) bond motifs is 1. The van der Waals surface area contributed by atoms with Crippen molar-refractivity contribution < 1.29 is 0 Å². The Morgan fingerprint density at radius 2 is 2.26 bits per heavy atom. The van der Waals surface area contributed by atoms with Gasteiger partial charge in [0.25, 0.3) is 0 Å². The first-order chi connectivity index (χ1) is 9.10. The van der Waals surface area contributed by atoms with Crippen LogP contribution in [0.25, 0.3) is 11.2 Å². The first-order valence-corrected chi connectivity index (χ1v) is 7.35. The average molecular weight is 279 g/mol. The third-order valence-corrected chi connectivity index (χ3v) is 4.51. The second-order valence-electron chi connectivity index (χ2n) is 5.50. The minimum Gasteiger partial charge on any atom is -0.328 e. The predicted octanol–water partition coefficient (Wildman–Crippen LogP) is 2.08. The molecule has 0 spiro atoms. The maximum Gasteiger partial charge on any atom is 0.179 e. The van der Waals surface area contributed by atoms with Crippen LogP contribution in [0.2, 0.25) is 0 Å². The Hall–Kier alpha value is -1.14. The molecule has 0 radical (unpaired) electrons. The second kappa shape index (κ2) is 4.76. The molecule has 1 aliphatic rings. The molecule has 2 aromatic heterocycles. The first kappa shape index (κ1) is 12.9. The summed E-state index contributed by atoms with van der Waals surface area (Å²) in [5, 5.41) is 4.47. The van der Waals surface area contributed by atoms with E-state index in [0.717, 1.165) is 34.7 Å². The molecule has 1 atom stereocenters. The summed E-state index contributed by atoms with van der Waals surface area (Å²) < 4.78 is 4.97. The van der Waals surface area contributed by atoms with E-state index in [9.17, 15) is 0 Å². The molecule has 0 saturated carbocycles. The van der Waals surface area contributed by atoms with Crippen molar-refractivity contribution in [2.45, 2.75) is 26.8 Å². The normalized spacial score (nSPS) is 20.7. The Labute approximate surface area is 118 Å². The minimum absolute atomic E-state index is 0.695. The third-order valence-electron chi connectivity index (χ3n) is 4.18. The van der Waals surface area contributed by atoms with Gasteiger partial charge >= 0.3 is 0 Å². The molecule has 1 saturated heterocycles. The molecule has 104 valence electrons. The van der Waals surface area contributed by atoms with Gasteiger partial charge in [0.15, 0.2) is 10.4 Å². The number of rotatable bonds is 3. The molecular weight excluding hydrogens is 258 g/mol. The van der Waals surface area contributed by atoms with Gasteiger partial charge in [0.05, 0.1) is 5.69 Å². The Bertz CT molecular complexity index is 650. The largest absolute Gasteiger partial charge is 0.328 e. The lowest BCUT2D eigenvalue weighted by Crippen LogP contribution is -2.21. The highest BCUT2D eigenvalue weighted by Crippen LogP contribution is 2.22. The number of likely N-dealkylation sites (tertiary alicyclic amines) is 1. The van der Waals surface area contributed by atoms with Crippen LogP contribution in [-0.4, -0.2) is 43.9 Å². The van der Waals surface area contributed by atoms with Crippen LogP contribution in [0.1, 0.15) is 19.0 Å². The number of aromatic nitrogens is 4. The van der Waals surface area contributed by atoms with Crippen LogP contribution in [0.5, 0.6) is 0 Å². The summed E-state index contributed by atoms with van der Waals surface area (Å²) >= 11 is 5.47. The van der Waals surface area contributed by atoms with Crippen molar-refractivity contribution in [1.82, 2.24) is 24.2 Å². The molecule has 6 heteroatoms. The predicted molar refractivity (Wildman–Crippen MR) is 78.8 cm³/mol. The number of imidazole rings is 1. The van der Waals surface area contributed by atoms with E-state index < -0.39 is 0 Å². The van der Waals surface area contributed by atoms with Gasteiger partial charge in [-0.05, 0) is 44.6 Å². The SMILES string of the molecule is CCN1CCC(Cn2c(=S)[nH]c3c(C)nn(C)c32)C1. The molecule has 3 rings (SSSR count). The van der Waals surface area contributed by atoms with Gasteiger partial charge in [-0.2, -0.15) is 5.10 Å². The van der Waals surface area contributed by atoms with E-state index >= 15 is 0 Å². The van der Waals surface area contributed by atoms with E-state index in [1.165, 1.54) is 19.5 Å². The Morgan fingerprint density at radius 1 is 1.47 bits per heavy atom. The molecule has 1 fully saturated rings. The molecule has 5 nitrogen and oxygen atoms in total. The standard InChI is InChI=1S/C13H21N5S/c1-4-17-6-5-10(7-17)8-18-12-11(14-13(18)19)9(2)15-16(12)3/h10H,4-8H2,1-3H3,(H,14,19). The highest BCUT2D eigenvalue weighted by atomic mass is 32.1. The quantitative estimate of drug-likeness (QED) is 0.875. The van der Waals surface area contributed by atoms with E-state index in [1.54, 1.807) is 0 Å². The van der Waals surface area contributed by atoms with E-state index in [4.69, 9.17) is 12.2 Å². The topological polar surface area (TPSA) is 41.8 Å². The molecular formula is C13H21N5S. The van der Waals surface area contributed by atoms with Gasteiger partial charge < -0.3 is 14.5 Å². The molecule has 3 heterocycles. The van der Waals surface area contributed by atoms with Crippen molar-refractivity contribution in [2.75, 3.05) is 19.6 Å². The first-order valence-electron chi connectivity index (χ1n) is 6.94. The summed E-state index contributed by atoms with van der Waals surface area (Å²) in [6.07, 6.45) is 1.26. The summed E-state index contributed by atoms with van der Waals surface area (Å²) in [6.45, 7) is 8.79. The maximum atomic E-state index is 5.47. The number of hydrogen-bond acceptors (Lipinski definition) is 3. The van der Waals surface area contributed by atoms with Crippen LogP contribution in [0.3, 0.4) is 0 Å². The molecule has 1 unspecified atom stereocenters. The van der Waals surface area contributed by atoms with Crippen LogP contribution < -0.4 is 0 Å². The van der Waals surface area contributed by atoms with Crippen LogP contribution in [0, 0.1) is 17.6 Å². The zero-order valence-electron chi connectivity index (χ0n) is 11.8. The summed E-state index contributed by atoms with van der Waals surface area (Å²) in [5.41, 5.74) is 3.22.